The number of benzene rings is 7. The molecule has 0 N–H and O–H groups in total. The highest BCUT2D eigenvalue weighted by atomic mass is 28.4. The smallest absolute Gasteiger partial charge is 0.402 e. The molecule has 0 aromatic heterocycles. The maximum atomic E-state index is 8.19. The molecule has 5 heteroatoms. The van der Waals surface area contributed by atoms with E-state index in [2.05, 4.69) is 218 Å². The summed E-state index contributed by atoms with van der Waals surface area (Å²) in [5, 5.41) is 8.30. The molecule has 0 heterocycles. The number of rotatable bonds is 11. The second-order valence-electron chi connectivity index (χ2n) is 14.9. The first-order chi connectivity index (χ1) is 26.1. The molecular weight excluding hydrogens is 705 g/mol. The third-order valence-corrected chi connectivity index (χ3v) is 22.1. The van der Waals surface area contributed by atoms with Crippen LogP contribution in [0.4, 0.5) is 0 Å². The standard InChI is InChI=1S/C49H49O2Si3/c1-36-8-22-43(23-9-36)52(50-53(44-24-10-37(2)11-25-44,45-26-12-38(3)13-27-45)46-28-14-39(4)15-29-46)51-54(47-30-16-40(5)17-31-47,48-32-18-41(6)19-33-48)49-34-20-42(7)21-35-49/h8-35H,1-7H3. The molecular formula is C49H49O2Si3. The summed E-state index contributed by atoms with van der Waals surface area (Å²) < 4.78 is 16.4. The van der Waals surface area contributed by atoms with Crippen LogP contribution in [0.3, 0.4) is 0 Å². The molecule has 0 aliphatic rings. The second-order valence-corrected chi connectivity index (χ2v) is 23.9. The second kappa shape index (κ2) is 15.8. The molecule has 7 rings (SSSR count). The molecule has 0 unspecified atom stereocenters. The molecule has 0 saturated heterocycles. The molecule has 7 aromatic carbocycles. The highest BCUT2D eigenvalue weighted by molar-refractivity contribution is 7.13. The molecule has 0 atom stereocenters. The average molecular weight is 754 g/mol. The zero-order valence-electron chi connectivity index (χ0n) is 32.5. The van der Waals surface area contributed by atoms with Gasteiger partial charge in [-0.25, -0.2) is 0 Å². The molecule has 0 amide bonds. The van der Waals surface area contributed by atoms with Gasteiger partial charge in [-0.05, 0) is 84.8 Å². The Morgan fingerprint density at radius 1 is 0.259 bits per heavy atom. The van der Waals surface area contributed by atoms with Crippen LogP contribution in [0.1, 0.15) is 38.9 Å². The van der Waals surface area contributed by atoms with E-state index < -0.39 is 25.9 Å². The Morgan fingerprint density at radius 2 is 0.426 bits per heavy atom. The molecule has 0 bridgehead atoms. The SMILES string of the molecule is Cc1ccc([Si](O[Si](c2ccc(C)cc2)(c2ccc(C)cc2)c2ccc(C)cc2)O[Si](c2ccc(C)cc2)(c2ccc(C)cc2)c2ccc(C)cc2)cc1. The monoisotopic (exact) mass is 753 g/mol. The van der Waals surface area contributed by atoms with Gasteiger partial charge in [-0.3, -0.25) is 0 Å². The van der Waals surface area contributed by atoms with Crippen molar-refractivity contribution in [1.29, 1.82) is 0 Å². The summed E-state index contributed by atoms with van der Waals surface area (Å²) >= 11 is 0. The fourth-order valence-corrected chi connectivity index (χ4v) is 20.0. The van der Waals surface area contributed by atoms with E-state index in [1.165, 1.54) is 70.1 Å². The first kappa shape index (κ1) is 37.4. The van der Waals surface area contributed by atoms with E-state index in [4.69, 9.17) is 8.23 Å². The maximum Gasteiger partial charge on any atom is 0.402 e. The fourth-order valence-electron chi connectivity index (χ4n) is 7.19. The van der Waals surface area contributed by atoms with Gasteiger partial charge in [0.05, 0.1) is 0 Å². The molecule has 0 aliphatic carbocycles. The Bertz CT molecular complexity index is 1930. The molecule has 0 saturated carbocycles. The van der Waals surface area contributed by atoms with E-state index in [-0.39, 0.29) is 0 Å². The van der Waals surface area contributed by atoms with Gasteiger partial charge in [0.25, 0.3) is 16.6 Å². The summed E-state index contributed by atoms with van der Waals surface area (Å²) in [6.45, 7) is 15.1. The van der Waals surface area contributed by atoms with Crippen LogP contribution in [-0.2, 0) is 8.23 Å². The third kappa shape index (κ3) is 7.56. The number of hydrogen-bond acceptors (Lipinski definition) is 2. The molecule has 0 aliphatic heterocycles. The lowest BCUT2D eigenvalue weighted by Gasteiger charge is -2.41. The first-order valence-electron chi connectivity index (χ1n) is 18.8. The van der Waals surface area contributed by atoms with Crippen LogP contribution in [0.2, 0.25) is 0 Å². The number of aryl methyl sites for hydroxylation is 7. The van der Waals surface area contributed by atoms with E-state index >= 15 is 0 Å². The van der Waals surface area contributed by atoms with Gasteiger partial charge >= 0.3 is 9.28 Å². The Hall–Kier alpha value is -4.89. The lowest BCUT2D eigenvalue weighted by Crippen LogP contribution is -2.76. The summed E-state index contributed by atoms with van der Waals surface area (Å²) in [4.78, 5) is 0. The van der Waals surface area contributed by atoms with Crippen molar-refractivity contribution in [3.63, 3.8) is 0 Å². The van der Waals surface area contributed by atoms with Crippen molar-refractivity contribution >= 4 is 62.2 Å². The van der Waals surface area contributed by atoms with Crippen LogP contribution < -0.4 is 36.3 Å². The Labute approximate surface area is 326 Å². The lowest BCUT2D eigenvalue weighted by atomic mass is 10.2. The van der Waals surface area contributed by atoms with E-state index in [1.54, 1.807) is 0 Å². The van der Waals surface area contributed by atoms with E-state index in [0.29, 0.717) is 0 Å². The van der Waals surface area contributed by atoms with Crippen LogP contribution in [0, 0.1) is 48.5 Å². The van der Waals surface area contributed by atoms with Crippen molar-refractivity contribution in [2.45, 2.75) is 48.5 Å². The fraction of sp³-hybridized carbons (Fsp3) is 0.143. The maximum absolute atomic E-state index is 8.19. The van der Waals surface area contributed by atoms with E-state index in [0.717, 1.165) is 5.19 Å². The van der Waals surface area contributed by atoms with Crippen LogP contribution in [0.15, 0.2) is 170 Å². The summed E-state index contributed by atoms with van der Waals surface area (Å²) in [5.41, 5.74) is 8.54. The molecule has 2 nitrogen and oxygen atoms in total. The van der Waals surface area contributed by atoms with Gasteiger partial charge in [0.15, 0.2) is 0 Å². The quantitative estimate of drug-likeness (QED) is 0.106. The van der Waals surface area contributed by atoms with Gasteiger partial charge in [-0.1, -0.05) is 209 Å². The minimum atomic E-state index is -3.24. The van der Waals surface area contributed by atoms with Crippen molar-refractivity contribution in [3.05, 3.63) is 209 Å². The zero-order chi connectivity index (χ0) is 37.9. The van der Waals surface area contributed by atoms with Crippen LogP contribution in [0.5, 0.6) is 0 Å². The van der Waals surface area contributed by atoms with E-state index in [1.807, 2.05) is 0 Å². The van der Waals surface area contributed by atoms with Gasteiger partial charge in [0, 0.05) is 0 Å². The summed E-state index contributed by atoms with van der Waals surface area (Å²) in [6.07, 6.45) is 0. The Balaban J connectivity index is 1.55. The molecule has 0 spiro atoms. The van der Waals surface area contributed by atoms with Gasteiger partial charge in [-0.15, -0.1) is 0 Å². The zero-order valence-corrected chi connectivity index (χ0v) is 35.5. The van der Waals surface area contributed by atoms with Gasteiger partial charge < -0.3 is 8.23 Å². The van der Waals surface area contributed by atoms with Gasteiger partial charge in [0.2, 0.25) is 0 Å². The summed E-state index contributed by atoms with van der Waals surface area (Å²) in [6, 6.07) is 63.1. The van der Waals surface area contributed by atoms with Crippen LogP contribution in [0.25, 0.3) is 0 Å². The lowest BCUT2D eigenvalue weighted by molar-refractivity contribution is 0.453. The third-order valence-electron chi connectivity index (χ3n) is 10.5. The average Bonchev–Trinajstić information content (AvgIpc) is 3.18. The van der Waals surface area contributed by atoms with Crippen molar-refractivity contribution in [3.8, 4) is 0 Å². The minimum Gasteiger partial charge on any atom is -0.421 e. The number of hydrogen-bond donors (Lipinski definition) is 0. The normalized spacial score (nSPS) is 11.9. The van der Waals surface area contributed by atoms with Gasteiger partial charge in [0.1, 0.15) is 0 Å². The molecule has 54 heavy (non-hydrogen) atoms. The Kier molecular flexibility index (Phi) is 11.0. The molecule has 1 radical (unpaired) electrons. The molecule has 269 valence electrons. The van der Waals surface area contributed by atoms with Crippen molar-refractivity contribution in [1.82, 2.24) is 0 Å². The van der Waals surface area contributed by atoms with Crippen LogP contribution >= 0.6 is 0 Å². The summed E-state index contributed by atoms with van der Waals surface area (Å²) in [5.74, 6) is 0. The largest absolute Gasteiger partial charge is 0.421 e. The highest BCUT2D eigenvalue weighted by Crippen LogP contribution is 2.19. The van der Waals surface area contributed by atoms with Crippen molar-refractivity contribution in [2.75, 3.05) is 0 Å². The Morgan fingerprint density at radius 3 is 0.611 bits per heavy atom. The molecule has 0 fully saturated rings. The van der Waals surface area contributed by atoms with Gasteiger partial charge in [-0.2, -0.15) is 0 Å². The topological polar surface area (TPSA) is 18.5 Å². The van der Waals surface area contributed by atoms with Crippen LogP contribution in [-0.4, -0.2) is 25.9 Å². The predicted octanol–water partition coefficient (Wildman–Crippen LogP) is 6.91. The molecule has 7 aromatic rings. The van der Waals surface area contributed by atoms with E-state index in [9.17, 15) is 0 Å². The van der Waals surface area contributed by atoms with Crippen molar-refractivity contribution < 1.29 is 8.23 Å². The predicted molar refractivity (Wildman–Crippen MR) is 235 cm³/mol. The summed E-state index contributed by atoms with van der Waals surface area (Å²) in [7, 11) is -8.75. The van der Waals surface area contributed by atoms with Crippen molar-refractivity contribution in [2.24, 2.45) is 0 Å². The first-order valence-corrected chi connectivity index (χ1v) is 23.9. The minimum absolute atomic E-state index is 1.09. The highest BCUT2D eigenvalue weighted by Gasteiger charge is 2.50.